The van der Waals surface area contributed by atoms with Gasteiger partial charge in [0.05, 0.1) is 6.10 Å². The van der Waals surface area contributed by atoms with Gasteiger partial charge in [-0.1, -0.05) is 0 Å². The Kier molecular flexibility index (Phi) is 5.72. The lowest BCUT2D eigenvalue weighted by Crippen LogP contribution is -2.48. The maximum Gasteiger partial charge on any atom is 0.400 e. The second-order valence-electron chi connectivity index (χ2n) is 5.74. The van der Waals surface area contributed by atoms with Crippen LogP contribution in [0.5, 0.6) is 0 Å². The first kappa shape index (κ1) is 15.6. The Morgan fingerprint density at radius 2 is 1.95 bits per heavy atom. The van der Waals surface area contributed by atoms with Crippen molar-refractivity contribution in [1.29, 1.82) is 0 Å². The van der Waals surface area contributed by atoms with Gasteiger partial charge in [-0.15, -0.1) is 4.39 Å². The molecule has 2 heterocycles. The van der Waals surface area contributed by atoms with Gasteiger partial charge in [0.1, 0.15) is 6.17 Å². The van der Waals surface area contributed by atoms with Crippen molar-refractivity contribution in [1.82, 2.24) is 9.80 Å². The second kappa shape index (κ2) is 7.31. The quantitative estimate of drug-likeness (QED) is 0.588. The Hall–Kier alpha value is -0.750. The third-order valence-corrected chi connectivity index (χ3v) is 4.33. The number of alkyl halides is 1. The van der Waals surface area contributed by atoms with Crippen LogP contribution in [0.2, 0.25) is 0 Å². The zero-order chi connectivity index (χ0) is 14.5. The van der Waals surface area contributed by atoms with Gasteiger partial charge in [0.25, 0.3) is 0 Å². The summed E-state index contributed by atoms with van der Waals surface area (Å²) < 4.78 is 31.9. The van der Waals surface area contributed by atoms with Gasteiger partial charge >= 0.3 is 6.16 Å². The maximum absolute atomic E-state index is 13.9. The van der Waals surface area contributed by atoms with Crippen molar-refractivity contribution in [3.05, 3.63) is 0 Å². The van der Waals surface area contributed by atoms with Crippen molar-refractivity contribution in [2.24, 2.45) is 5.92 Å². The minimum Gasteiger partial charge on any atom is -0.375 e. The Labute approximate surface area is 119 Å². The van der Waals surface area contributed by atoms with Crippen LogP contribution in [0.3, 0.4) is 0 Å². The Balaban J connectivity index is 1.72. The van der Waals surface area contributed by atoms with Crippen LogP contribution in [0.15, 0.2) is 0 Å². The van der Waals surface area contributed by atoms with Crippen molar-refractivity contribution in [2.45, 2.75) is 38.5 Å². The lowest BCUT2D eigenvalue weighted by Gasteiger charge is -2.38. The molecule has 116 valence electrons. The molecule has 2 atom stereocenters. The summed E-state index contributed by atoms with van der Waals surface area (Å²) in [5, 5.41) is 0. The van der Waals surface area contributed by atoms with Crippen molar-refractivity contribution in [3.8, 4) is 0 Å². The molecule has 0 aromatic rings. The van der Waals surface area contributed by atoms with E-state index in [4.69, 9.17) is 4.74 Å². The molecule has 2 unspecified atom stereocenters. The highest BCUT2D eigenvalue weighted by atomic mass is 19.1. The van der Waals surface area contributed by atoms with Crippen molar-refractivity contribution in [3.63, 3.8) is 0 Å². The van der Waals surface area contributed by atoms with E-state index in [0.29, 0.717) is 32.2 Å². The van der Waals surface area contributed by atoms with E-state index in [-0.39, 0.29) is 6.10 Å². The van der Waals surface area contributed by atoms with Gasteiger partial charge in [-0.3, -0.25) is 4.90 Å². The van der Waals surface area contributed by atoms with Gasteiger partial charge in [-0.05, 0) is 32.1 Å². The molecular weight excluding hydrogens is 266 g/mol. The summed E-state index contributed by atoms with van der Waals surface area (Å²) in [7, 11) is 0. The van der Waals surface area contributed by atoms with Crippen LogP contribution in [-0.2, 0) is 4.74 Å². The van der Waals surface area contributed by atoms with Crippen LogP contribution in [-0.4, -0.2) is 67.6 Å². The van der Waals surface area contributed by atoms with E-state index in [1.165, 1.54) is 4.90 Å². The molecule has 2 aliphatic heterocycles. The number of carbonyl (C=O) groups excluding carboxylic acids is 1. The molecule has 0 radical (unpaired) electrons. The zero-order valence-corrected chi connectivity index (χ0v) is 12.1. The van der Waals surface area contributed by atoms with Crippen molar-refractivity contribution < 1.29 is 18.3 Å². The summed E-state index contributed by atoms with van der Waals surface area (Å²) in [6.07, 6.45) is -0.171. The highest BCUT2D eigenvalue weighted by Gasteiger charge is 2.31. The Morgan fingerprint density at radius 1 is 1.25 bits per heavy atom. The molecule has 6 heteroatoms. The van der Waals surface area contributed by atoms with Gasteiger partial charge in [-0.2, -0.15) is 0 Å². The topological polar surface area (TPSA) is 32.8 Å². The monoisotopic (exact) mass is 290 g/mol. The van der Waals surface area contributed by atoms with Crippen LogP contribution >= 0.6 is 0 Å². The minimum atomic E-state index is -1.33. The van der Waals surface area contributed by atoms with Gasteiger partial charge in [0, 0.05) is 39.3 Å². The molecule has 0 bridgehead atoms. The van der Waals surface area contributed by atoms with E-state index < -0.39 is 12.3 Å². The predicted molar refractivity (Wildman–Crippen MR) is 72.2 cm³/mol. The number of ether oxygens (including phenoxy) is 1. The number of nitrogens with zero attached hydrogens (tertiary/aromatic N) is 2. The number of hydrogen-bond donors (Lipinski definition) is 0. The average molecular weight is 290 g/mol. The van der Waals surface area contributed by atoms with E-state index >= 15 is 0 Å². The van der Waals surface area contributed by atoms with Gasteiger partial charge in [0.15, 0.2) is 0 Å². The smallest absolute Gasteiger partial charge is 0.375 e. The fraction of sp³-hybridized carbons (Fsp3) is 0.929. The normalized spacial score (nSPS) is 29.6. The lowest BCUT2D eigenvalue weighted by atomic mass is 9.95. The molecule has 0 spiro atoms. The number of hydrogen-bond acceptors (Lipinski definition) is 3. The van der Waals surface area contributed by atoms with Crippen LogP contribution in [0.4, 0.5) is 13.6 Å². The minimum absolute atomic E-state index is 0.262. The molecule has 2 rings (SSSR count). The summed E-state index contributed by atoms with van der Waals surface area (Å²) in [6, 6.07) is 0. The van der Waals surface area contributed by atoms with Gasteiger partial charge in [0.2, 0.25) is 0 Å². The first-order valence-corrected chi connectivity index (χ1v) is 7.52. The van der Waals surface area contributed by atoms with Gasteiger partial charge < -0.3 is 9.64 Å². The van der Waals surface area contributed by atoms with E-state index in [0.717, 1.165) is 32.4 Å². The van der Waals surface area contributed by atoms with Gasteiger partial charge in [-0.25, -0.2) is 9.18 Å². The summed E-state index contributed by atoms with van der Waals surface area (Å²) >= 11 is 0. The maximum atomic E-state index is 13.9. The molecule has 1 amide bonds. The molecule has 2 aliphatic rings. The molecule has 4 nitrogen and oxygen atoms in total. The number of halogens is 2. The van der Waals surface area contributed by atoms with Crippen molar-refractivity contribution >= 4 is 6.16 Å². The summed E-state index contributed by atoms with van der Waals surface area (Å²) in [4.78, 5) is 14.0. The number of amides is 1. The van der Waals surface area contributed by atoms with Crippen LogP contribution in [0.25, 0.3) is 0 Å². The molecule has 0 N–H and O–H groups in total. The van der Waals surface area contributed by atoms with Crippen LogP contribution in [0.1, 0.15) is 26.2 Å². The standard InChI is InChI=1S/C14H24F2N2O2/c1-2-20-13-5-6-17(10-12(13)15)9-11-3-7-18(8-4-11)14(16)19/h11-13H,2-10H2,1H3. The zero-order valence-electron chi connectivity index (χ0n) is 12.1. The highest BCUT2D eigenvalue weighted by molar-refractivity contribution is 5.66. The molecule has 2 fully saturated rings. The summed E-state index contributed by atoms with van der Waals surface area (Å²) in [5.74, 6) is 0.432. The first-order valence-electron chi connectivity index (χ1n) is 7.52. The number of carbonyl (C=O) groups is 1. The third-order valence-electron chi connectivity index (χ3n) is 4.33. The number of rotatable bonds is 4. The summed E-state index contributed by atoms with van der Waals surface area (Å²) in [5.41, 5.74) is 0. The highest BCUT2D eigenvalue weighted by Crippen LogP contribution is 2.23. The molecule has 0 saturated carbocycles. The van der Waals surface area contributed by atoms with Crippen LogP contribution in [0, 0.1) is 5.92 Å². The van der Waals surface area contributed by atoms with E-state index in [2.05, 4.69) is 4.90 Å². The molecular formula is C14H24F2N2O2. The van der Waals surface area contributed by atoms with Crippen LogP contribution < -0.4 is 0 Å². The SMILES string of the molecule is CCOC1CCN(CC2CCN(C(=O)F)CC2)CC1F. The molecule has 20 heavy (non-hydrogen) atoms. The third kappa shape index (κ3) is 4.12. The number of likely N-dealkylation sites (tertiary alicyclic amines) is 2. The Bertz CT molecular complexity index is 322. The van der Waals surface area contributed by atoms with E-state index in [9.17, 15) is 13.6 Å². The first-order chi connectivity index (χ1) is 9.60. The molecule has 2 saturated heterocycles. The molecule has 0 aliphatic carbocycles. The van der Waals surface area contributed by atoms with Crippen molar-refractivity contribution in [2.75, 3.05) is 39.3 Å². The number of piperidine rings is 2. The average Bonchev–Trinajstić information content (AvgIpc) is 2.42. The summed E-state index contributed by atoms with van der Waals surface area (Å²) in [6.45, 7) is 5.52. The molecule has 0 aromatic carbocycles. The second-order valence-corrected chi connectivity index (χ2v) is 5.74. The lowest BCUT2D eigenvalue weighted by molar-refractivity contribution is -0.0450. The largest absolute Gasteiger partial charge is 0.400 e. The predicted octanol–water partition coefficient (Wildman–Crippen LogP) is 2.24. The Morgan fingerprint density at radius 3 is 2.50 bits per heavy atom. The molecule has 0 aromatic heterocycles. The van der Waals surface area contributed by atoms with E-state index in [1.807, 2.05) is 6.92 Å². The fourth-order valence-electron chi connectivity index (χ4n) is 3.17. The van der Waals surface area contributed by atoms with E-state index in [1.54, 1.807) is 0 Å². The fourth-order valence-corrected chi connectivity index (χ4v) is 3.17.